The highest BCUT2D eigenvalue weighted by Crippen LogP contribution is 2.41. The number of hydrogen-bond donors (Lipinski definition) is 15. The van der Waals surface area contributed by atoms with Gasteiger partial charge in [-0.15, -0.1) is 0 Å². The number of nitro groups is 1. The molecule has 0 radical (unpaired) electrons. The van der Waals surface area contributed by atoms with Gasteiger partial charge in [0, 0.05) is 0 Å². The number of halogens is 9. The fourth-order valence-corrected chi connectivity index (χ4v) is 8.08. The number of aromatic hydroxyl groups is 13. The third kappa shape index (κ3) is 25.1. The molecule has 97 heavy (non-hydrogen) atoms. The SMILES string of the molecule is N#Cc1c(O)cccc1O.O=C(O)c1c(O)ccc2ccccc12.O=C(O)c1ccccc1O.O=[N+]([O-])c1c(O)cccc1O.Oc1ccc2ccccc2c1Br.Oc1cccc(C(F)(F)F)c1.Oc1cccc(O)c1C(F)(F)F.Oc1cccc(O)c1Cl.Oc1ccccc1Br. The van der Waals surface area contributed by atoms with Crippen LogP contribution in [0.25, 0.3) is 21.5 Å². The Morgan fingerprint density at radius 3 is 1.20 bits per heavy atom. The average molecular weight is 1500 g/mol. The summed E-state index contributed by atoms with van der Waals surface area (Å²) < 4.78 is 73.0. The number of phenolic OH excluding ortho intramolecular Hbond substituents is 11. The molecule has 0 bridgehead atoms. The highest BCUT2D eigenvalue weighted by Gasteiger charge is 2.37. The summed E-state index contributed by atoms with van der Waals surface area (Å²) in [6, 6.07) is 55.0. The van der Waals surface area contributed by atoms with E-state index in [1.165, 1.54) is 66.7 Å². The molecule has 0 aliphatic rings. The number of hydrogen-bond acceptors (Lipinski definition) is 18. The Morgan fingerprint density at radius 2 is 0.835 bits per heavy atom. The minimum absolute atomic E-state index is 0.00231. The highest BCUT2D eigenvalue weighted by molar-refractivity contribution is 9.11. The molecule has 30 heteroatoms. The van der Waals surface area contributed by atoms with Crippen LogP contribution in [0.5, 0.6) is 74.7 Å². The van der Waals surface area contributed by atoms with E-state index >= 15 is 0 Å². The zero-order valence-corrected chi connectivity index (χ0v) is 52.8. The fourth-order valence-electron chi connectivity index (χ4n) is 7.17. The third-order valence-corrected chi connectivity index (χ3v) is 13.6. The molecule has 11 aromatic carbocycles. The molecule has 15 N–H and O–H groups in total. The summed E-state index contributed by atoms with van der Waals surface area (Å²) in [6.45, 7) is 0. The van der Waals surface area contributed by atoms with Crippen molar-refractivity contribution in [2.24, 2.45) is 0 Å². The van der Waals surface area contributed by atoms with E-state index in [9.17, 15) is 56.3 Å². The van der Waals surface area contributed by atoms with Crippen molar-refractivity contribution in [1.29, 1.82) is 5.26 Å². The molecule has 21 nitrogen and oxygen atoms in total. The molecule has 0 amide bonds. The molecule has 0 aliphatic heterocycles. The maximum Gasteiger partial charge on any atom is 0.423 e. The first kappa shape index (κ1) is 79.2. The standard InChI is InChI=1S/C11H8O3.C10H7BrO.C7H5F3O2.C7H5F3O.C7H5NO2.C7H6O3.C6H5BrO.C6H5ClO2.C6H5NO4/c12-9-6-5-7-3-1-2-4-8(7)10(9)11(13)14;11-10-8-4-2-1-3-7(8)5-6-9(10)12;8-7(9,10)6-4(11)2-1-3-5(6)12;8-7(9,10)5-2-1-3-6(11)4-5;8-4-5-6(9)2-1-3-7(5)10;8-6-4-2-1-3-5(6)7(9)10;7-5-3-1-2-4-6(5)8;7-6-4(8)2-1-3-5(6)9;8-4-2-1-3-5(9)6(4)7(10)11/h1-6,12H,(H,13,14);1-6,12H;1-3,11-12H;1-4,11H;1-3,9-10H;1-4,8H,(H,9,10);1-4,8H;1-3,8-9H;1-3,8-9H. The van der Waals surface area contributed by atoms with Gasteiger partial charge in [-0.3, -0.25) is 10.1 Å². The first-order valence-corrected chi connectivity index (χ1v) is 28.4. The highest BCUT2D eigenvalue weighted by atomic mass is 79.9. The quantitative estimate of drug-likeness (QED) is 0.0444. The zero-order chi connectivity index (χ0) is 72.9. The van der Waals surface area contributed by atoms with Gasteiger partial charge >= 0.3 is 30.0 Å². The average Bonchev–Trinajstić information content (AvgIpc) is 0.817. The molecule has 11 rings (SSSR count). The van der Waals surface area contributed by atoms with Gasteiger partial charge in [-0.05, 0) is 157 Å². The topological polar surface area (TPSA) is 405 Å². The summed E-state index contributed by atoms with van der Waals surface area (Å²) in [6.07, 6.45) is -9.10. The lowest BCUT2D eigenvalue weighted by Gasteiger charge is -2.09. The molecule has 0 saturated carbocycles. The number of fused-ring (bicyclic) bond motifs is 2. The Bertz CT molecular complexity index is 4420. The van der Waals surface area contributed by atoms with Crippen molar-refractivity contribution in [3.63, 3.8) is 0 Å². The summed E-state index contributed by atoms with van der Waals surface area (Å²) in [5.74, 6) is -6.02. The van der Waals surface area contributed by atoms with Crippen LogP contribution in [0.1, 0.15) is 37.4 Å². The second-order valence-electron chi connectivity index (χ2n) is 18.4. The van der Waals surface area contributed by atoms with E-state index in [1.807, 2.05) is 42.5 Å². The molecular weight excluding hydrogens is 1450 g/mol. The van der Waals surface area contributed by atoms with E-state index in [0.29, 0.717) is 11.5 Å². The van der Waals surface area contributed by atoms with Gasteiger partial charge in [-0.2, -0.15) is 31.6 Å². The van der Waals surface area contributed by atoms with Crippen molar-refractivity contribution in [3.8, 4) is 80.8 Å². The summed E-state index contributed by atoms with van der Waals surface area (Å²) in [4.78, 5) is 30.4. The van der Waals surface area contributed by atoms with E-state index in [1.54, 1.807) is 66.7 Å². The third-order valence-electron chi connectivity index (χ3n) is 11.7. The van der Waals surface area contributed by atoms with Gasteiger partial charge in [-0.1, -0.05) is 127 Å². The van der Waals surface area contributed by atoms with E-state index < -0.39 is 69.0 Å². The molecule has 0 fully saturated rings. The van der Waals surface area contributed by atoms with Gasteiger partial charge < -0.3 is 76.6 Å². The number of nitriles is 1. The van der Waals surface area contributed by atoms with Crippen molar-refractivity contribution in [1.82, 2.24) is 0 Å². The van der Waals surface area contributed by atoms with E-state index in [2.05, 4.69) is 31.9 Å². The number of carboxylic acids is 2. The Labute approximate surface area is 565 Å². The van der Waals surface area contributed by atoms with Crippen molar-refractivity contribution in [3.05, 3.63) is 270 Å². The number of aromatic carboxylic acids is 2. The van der Waals surface area contributed by atoms with Crippen molar-refractivity contribution < 1.29 is 117 Å². The summed E-state index contributed by atoms with van der Waals surface area (Å²) in [5, 5.41) is 155. The predicted molar refractivity (Wildman–Crippen MR) is 350 cm³/mol. The maximum absolute atomic E-state index is 12.0. The van der Waals surface area contributed by atoms with Crippen molar-refractivity contribution in [2.75, 3.05) is 0 Å². The van der Waals surface area contributed by atoms with Crippen LogP contribution in [0.15, 0.2) is 227 Å². The molecule has 0 aromatic heterocycles. The molecule has 0 aliphatic carbocycles. The van der Waals surface area contributed by atoms with Crippen molar-refractivity contribution >= 4 is 82.6 Å². The monoisotopic (exact) mass is 1490 g/mol. The number of nitrogens with zero attached hydrogens (tertiary/aromatic N) is 2. The zero-order valence-electron chi connectivity index (χ0n) is 48.9. The van der Waals surface area contributed by atoms with Crippen LogP contribution < -0.4 is 0 Å². The Balaban J connectivity index is 0.000000285. The summed E-state index contributed by atoms with van der Waals surface area (Å²) in [5.41, 5.74) is -3.08. The fraction of sp³-hybridized carbons (Fsp3) is 0.0299. The molecule has 0 saturated heterocycles. The lowest BCUT2D eigenvalue weighted by molar-refractivity contribution is -0.386. The smallest absolute Gasteiger partial charge is 0.423 e. The van der Waals surface area contributed by atoms with E-state index in [0.717, 1.165) is 67.6 Å². The molecular formula is C67H51Br2ClF6N2O19. The minimum atomic E-state index is -4.73. The lowest BCUT2D eigenvalue weighted by atomic mass is 10.0. The number of nitro benzene ring substituents is 1. The maximum atomic E-state index is 12.0. The molecule has 0 heterocycles. The van der Waals surface area contributed by atoms with Gasteiger partial charge in [0.2, 0.25) is 0 Å². The van der Waals surface area contributed by atoms with Crippen LogP contribution >= 0.6 is 43.5 Å². The Kier molecular flexibility index (Phi) is 30.7. The van der Waals surface area contributed by atoms with Crippen LogP contribution in [-0.4, -0.2) is 93.5 Å². The van der Waals surface area contributed by atoms with Gasteiger partial charge in [0.25, 0.3) is 0 Å². The summed E-state index contributed by atoms with van der Waals surface area (Å²) in [7, 11) is 0. The predicted octanol–water partition coefficient (Wildman–Crippen LogP) is 17.1. The van der Waals surface area contributed by atoms with Crippen LogP contribution in [0.4, 0.5) is 32.0 Å². The van der Waals surface area contributed by atoms with Crippen LogP contribution in [-0.2, 0) is 12.4 Å². The molecule has 0 unspecified atom stereocenters. The molecule has 506 valence electrons. The second-order valence-corrected chi connectivity index (χ2v) is 20.4. The number of phenols is 13. The van der Waals surface area contributed by atoms with E-state index in [-0.39, 0.29) is 73.5 Å². The molecule has 0 atom stereocenters. The normalized spacial score (nSPS) is 10.1. The van der Waals surface area contributed by atoms with Crippen LogP contribution in [0, 0.1) is 21.4 Å². The number of carbonyl (C=O) groups is 2. The minimum Gasteiger partial charge on any atom is -0.508 e. The van der Waals surface area contributed by atoms with Crippen molar-refractivity contribution in [2.45, 2.75) is 12.4 Å². The molecule has 0 spiro atoms. The first-order chi connectivity index (χ1) is 45.5. The van der Waals surface area contributed by atoms with E-state index in [4.69, 9.17) is 83.2 Å². The number of rotatable bonds is 3. The summed E-state index contributed by atoms with van der Waals surface area (Å²) >= 11 is 11.9. The van der Waals surface area contributed by atoms with Gasteiger partial charge in [0.1, 0.15) is 96.6 Å². The Morgan fingerprint density at radius 1 is 0.433 bits per heavy atom. The van der Waals surface area contributed by atoms with Gasteiger partial charge in [0.05, 0.1) is 19.4 Å². The number of alkyl halides is 6. The van der Waals surface area contributed by atoms with Crippen LogP contribution in [0.3, 0.4) is 0 Å². The number of carboxylic acid groups (broad SMARTS) is 2. The lowest BCUT2D eigenvalue weighted by Crippen LogP contribution is -2.05. The Hall–Kier alpha value is -12.0. The second kappa shape index (κ2) is 37.6. The van der Waals surface area contributed by atoms with Gasteiger partial charge in [0.15, 0.2) is 11.5 Å². The number of benzene rings is 11. The van der Waals surface area contributed by atoms with Gasteiger partial charge in [-0.25, -0.2) is 9.59 Å². The van der Waals surface area contributed by atoms with Crippen LogP contribution in [0.2, 0.25) is 5.02 Å². The largest absolute Gasteiger partial charge is 0.508 e. The number of para-hydroxylation sites is 3. The molecule has 11 aromatic rings. The first-order valence-electron chi connectivity index (χ1n) is 26.5.